The van der Waals surface area contributed by atoms with Gasteiger partial charge in [0.05, 0.1) is 0 Å². The van der Waals surface area contributed by atoms with E-state index in [0.717, 1.165) is 5.92 Å². The summed E-state index contributed by atoms with van der Waals surface area (Å²) in [5, 5.41) is 0. The number of likely N-dealkylation sites (tertiary alicyclic amines) is 1. The molecular weight excluding hydrogens is 261 g/mol. The van der Waals surface area contributed by atoms with Crippen LogP contribution in [0.5, 0.6) is 0 Å². The number of piperidine rings is 1. The fraction of sp³-hybridized carbons (Fsp3) is 1.00. The Hall–Kier alpha value is 0.690. The van der Waals surface area contributed by atoms with Crippen molar-refractivity contribution >= 4 is 24.0 Å². The summed E-state index contributed by atoms with van der Waals surface area (Å²) in [5.41, 5.74) is 0. The van der Waals surface area contributed by atoms with Crippen LogP contribution in [-0.2, 0) is 0 Å². The highest BCUT2D eigenvalue weighted by Gasteiger charge is 2.14. The zero-order chi connectivity index (χ0) is 8.10. The third-order valence-corrected chi connectivity index (χ3v) is 2.57. The molecule has 0 radical (unpaired) electrons. The van der Waals surface area contributed by atoms with Gasteiger partial charge in [-0.05, 0) is 38.3 Å². The van der Waals surface area contributed by atoms with Crippen molar-refractivity contribution in [3.05, 3.63) is 0 Å². The maximum absolute atomic E-state index is 2.62. The predicted octanol–water partition coefficient (Wildman–Crippen LogP) is 3.14. The van der Waals surface area contributed by atoms with Crippen molar-refractivity contribution < 1.29 is 0 Å². The molecule has 0 aromatic carbocycles. The number of hydrogen-bond donors (Lipinski definition) is 0. The first-order chi connectivity index (χ1) is 5.33. The van der Waals surface area contributed by atoms with Gasteiger partial charge >= 0.3 is 0 Å². The van der Waals surface area contributed by atoms with Crippen molar-refractivity contribution in [3.8, 4) is 0 Å². The molecule has 0 saturated carbocycles. The smallest absolute Gasteiger partial charge is 0.000703 e. The Labute approximate surface area is 93.9 Å². The van der Waals surface area contributed by atoms with Gasteiger partial charge in [-0.2, -0.15) is 0 Å². The molecule has 1 atom stereocenters. The Morgan fingerprint density at radius 3 is 2.75 bits per heavy atom. The van der Waals surface area contributed by atoms with Gasteiger partial charge in [-0.15, -0.1) is 24.0 Å². The highest BCUT2D eigenvalue weighted by atomic mass is 127. The highest BCUT2D eigenvalue weighted by Crippen LogP contribution is 2.15. The monoisotopic (exact) mass is 283 g/mol. The molecule has 74 valence electrons. The van der Waals surface area contributed by atoms with E-state index in [1.165, 1.54) is 45.3 Å². The molecule has 0 aromatic heterocycles. The standard InChI is InChI=1S/C10H21N.HI/c1-3-4-7-11-8-5-6-10(2)9-11;/h10H,3-9H2,1-2H3;1H. The fourth-order valence-electron chi connectivity index (χ4n) is 1.87. The number of hydrogen-bond acceptors (Lipinski definition) is 1. The predicted molar refractivity (Wildman–Crippen MR) is 65.2 cm³/mol. The molecule has 0 bridgehead atoms. The first-order valence-corrected chi connectivity index (χ1v) is 5.05. The zero-order valence-corrected chi connectivity index (χ0v) is 10.7. The van der Waals surface area contributed by atoms with Crippen molar-refractivity contribution in [2.75, 3.05) is 19.6 Å². The Kier molecular flexibility index (Phi) is 7.54. The first kappa shape index (κ1) is 12.7. The van der Waals surface area contributed by atoms with Crippen LogP contribution in [0.15, 0.2) is 0 Å². The second kappa shape index (κ2) is 7.13. The van der Waals surface area contributed by atoms with Crippen molar-refractivity contribution in [2.45, 2.75) is 39.5 Å². The molecule has 12 heavy (non-hydrogen) atoms. The van der Waals surface area contributed by atoms with Crippen LogP contribution < -0.4 is 0 Å². The van der Waals surface area contributed by atoms with Gasteiger partial charge < -0.3 is 4.90 Å². The molecule has 0 spiro atoms. The van der Waals surface area contributed by atoms with Crippen LogP contribution in [0, 0.1) is 5.92 Å². The number of nitrogens with zero attached hydrogens (tertiary/aromatic N) is 1. The summed E-state index contributed by atoms with van der Waals surface area (Å²) in [6.07, 6.45) is 5.59. The minimum atomic E-state index is 0. The van der Waals surface area contributed by atoms with E-state index in [9.17, 15) is 0 Å². The topological polar surface area (TPSA) is 3.24 Å². The van der Waals surface area contributed by atoms with Gasteiger partial charge in [-0.3, -0.25) is 0 Å². The molecule has 1 aliphatic rings. The van der Waals surface area contributed by atoms with E-state index in [1.54, 1.807) is 0 Å². The number of rotatable bonds is 3. The highest BCUT2D eigenvalue weighted by molar-refractivity contribution is 14.0. The van der Waals surface area contributed by atoms with E-state index in [0.29, 0.717) is 0 Å². The maximum Gasteiger partial charge on any atom is 0.000703 e. The lowest BCUT2D eigenvalue weighted by atomic mass is 10.0. The molecule has 1 heterocycles. The summed E-state index contributed by atoms with van der Waals surface area (Å²) < 4.78 is 0. The molecule has 0 aromatic rings. The van der Waals surface area contributed by atoms with Gasteiger partial charge in [0.25, 0.3) is 0 Å². The average Bonchev–Trinajstić information content (AvgIpc) is 2.01. The Balaban J connectivity index is 0.00000121. The molecule has 1 fully saturated rings. The van der Waals surface area contributed by atoms with E-state index in [2.05, 4.69) is 18.7 Å². The van der Waals surface area contributed by atoms with E-state index >= 15 is 0 Å². The molecule has 0 amide bonds. The Morgan fingerprint density at radius 2 is 2.17 bits per heavy atom. The summed E-state index contributed by atoms with van der Waals surface area (Å²) >= 11 is 0. The third kappa shape index (κ3) is 4.65. The quantitative estimate of drug-likeness (QED) is 0.719. The summed E-state index contributed by atoms with van der Waals surface area (Å²) in [6, 6.07) is 0. The van der Waals surface area contributed by atoms with Crippen LogP contribution in [0.1, 0.15) is 39.5 Å². The van der Waals surface area contributed by atoms with Crippen LogP contribution in [0.25, 0.3) is 0 Å². The second-order valence-corrected chi connectivity index (χ2v) is 3.90. The fourth-order valence-corrected chi connectivity index (χ4v) is 1.87. The maximum atomic E-state index is 2.62. The third-order valence-electron chi connectivity index (χ3n) is 2.57. The molecule has 2 heteroatoms. The van der Waals surface area contributed by atoms with Gasteiger partial charge in [0.1, 0.15) is 0 Å². The van der Waals surface area contributed by atoms with Gasteiger partial charge in [-0.1, -0.05) is 20.3 Å². The molecule has 1 rings (SSSR count). The van der Waals surface area contributed by atoms with Crippen molar-refractivity contribution in [2.24, 2.45) is 5.92 Å². The van der Waals surface area contributed by atoms with Gasteiger partial charge in [0, 0.05) is 6.54 Å². The molecule has 1 unspecified atom stereocenters. The molecule has 1 aliphatic heterocycles. The van der Waals surface area contributed by atoms with Crippen LogP contribution in [0.2, 0.25) is 0 Å². The summed E-state index contributed by atoms with van der Waals surface area (Å²) in [4.78, 5) is 2.62. The number of halogens is 1. The van der Waals surface area contributed by atoms with E-state index in [-0.39, 0.29) is 24.0 Å². The lowest BCUT2D eigenvalue weighted by Crippen LogP contribution is -2.34. The molecule has 1 saturated heterocycles. The molecular formula is C10H22IN. The van der Waals surface area contributed by atoms with Gasteiger partial charge in [-0.25, -0.2) is 0 Å². The van der Waals surface area contributed by atoms with E-state index in [4.69, 9.17) is 0 Å². The van der Waals surface area contributed by atoms with Crippen LogP contribution >= 0.6 is 24.0 Å². The van der Waals surface area contributed by atoms with E-state index < -0.39 is 0 Å². The Morgan fingerprint density at radius 1 is 1.42 bits per heavy atom. The minimum Gasteiger partial charge on any atom is -0.303 e. The van der Waals surface area contributed by atoms with Gasteiger partial charge in [0.15, 0.2) is 0 Å². The van der Waals surface area contributed by atoms with E-state index in [1.807, 2.05) is 0 Å². The second-order valence-electron chi connectivity index (χ2n) is 3.90. The number of unbranched alkanes of at least 4 members (excludes halogenated alkanes) is 1. The largest absolute Gasteiger partial charge is 0.303 e. The van der Waals surface area contributed by atoms with Crippen molar-refractivity contribution in [1.82, 2.24) is 4.90 Å². The Bertz CT molecular complexity index is 106. The molecule has 1 nitrogen and oxygen atoms in total. The van der Waals surface area contributed by atoms with Crippen molar-refractivity contribution in [3.63, 3.8) is 0 Å². The van der Waals surface area contributed by atoms with Gasteiger partial charge in [0.2, 0.25) is 0 Å². The lowest BCUT2D eigenvalue weighted by Gasteiger charge is -2.30. The van der Waals surface area contributed by atoms with Crippen molar-refractivity contribution in [1.29, 1.82) is 0 Å². The van der Waals surface area contributed by atoms with Crippen LogP contribution in [-0.4, -0.2) is 24.5 Å². The molecule has 0 aliphatic carbocycles. The lowest BCUT2D eigenvalue weighted by molar-refractivity contribution is 0.182. The normalized spacial score (nSPS) is 25.0. The summed E-state index contributed by atoms with van der Waals surface area (Å²) in [7, 11) is 0. The minimum absolute atomic E-state index is 0. The van der Waals surface area contributed by atoms with Crippen LogP contribution in [0.4, 0.5) is 0 Å². The zero-order valence-electron chi connectivity index (χ0n) is 8.38. The summed E-state index contributed by atoms with van der Waals surface area (Å²) in [6.45, 7) is 8.68. The van der Waals surface area contributed by atoms with Crippen LogP contribution in [0.3, 0.4) is 0 Å². The SMILES string of the molecule is CCCCN1CCCC(C)C1.I. The summed E-state index contributed by atoms with van der Waals surface area (Å²) in [5.74, 6) is 0.945. The molecule has 0 N–H and O–H groups in total. The first-order valence-electron chi connectivity index (χ1n) is 5.05. The average molecular weight is 283 g/mol.